The maximum Gasteiger partial charge on any atom is 0.0635 e. The Bertz CT molecular complexity index is 417. The first kappa shape index (κ1) is 13.1. The highest BCUT2D eigenvalue weighted by atomic mass is 16.5. The normalized spacial score (nSPS) is 24.6. The van der Waals surface area contributed by atoms with Crippen LogP contribution in [0.1, 0.15) is 24.0 Å². The Labute approximate surface area is 115 Å². The van der Waals surface area contributed by atoms with Gasteiger partial charge in [0.05, 0.1) is 13.2 Å². The molecule has 104 valence electrons. The van der Waals surface area contributed by atoms with Gasteiger partial charge in [-0.25, -0.2) is 0 Å². The predicted molar refractivity (Wildman–Crippen MR) is 77.2 cm³/mol. The minimum atomic E-state index is 0.523. The lowest BCUT2D eigenvalue weighted by molar-refractivity contribution is -0.0110. The zero-order valence-electron chi connectivity index (χ0n) is 11.8. The molecule has 2 fully saturated rings. The van der Waals surface area contributed by atoms with E-state index in [4.69, 9.17) is 4.74 Å². The lowest BCUT2D eigenvalue weighted by Gasteiger charge is -2.36. The second-order valence-electron chi connectivity index (χ2n) is 5.87. The van der Waals surface area contributed by atoms with Crippen LogP contribution in [0.5, 0.6) is 0 Å². The lowest BCUT2D eigenvalue weighted by atomic mass is 10.1. The van der Waals surface area contributed by atoms with Gasteiger partial charge in [0.1, 0.15) is 0 Å². The van der Waals surface area contributed by atoms with Crippen LogP contribution in [0.25, 0.3) is 0 Å². The molecule has 1 N–H and O–H groups in total. The van der Waals surface area contributed by atoms with Crippen molar-refractivity contribution in [3.8, 4) is 0 Å². The SMILES string of the molecule is Cc1cccc(CN2CCOCC2CNC2CC2)c1. The third-order valence-corrected chi connectivity index (χ3v) is 4.04. The zero-order chi connectivity index (χ0) is 13.1. The van der Waals surface area contributed by atoms with Crippen molar-refractivity contribution in [3.63, 3.8) is 0 Å². The molecule has 1 saturated carbocycles. The Balaban J connectivity index is 1.59. The largest absolute Gasteiger partial charge is 0.378 e. The van der Waals surface area contributed by atoms with E-state index in [9.17, 15) is 0 Å². The van der Waals surface area contributed by atoms with E-state index in [-0.39, 0.29) is 0 Å². The third-order valence-electron chi connectivity index (χ3n) is 4.04. The molecular formula is C16H24N2O. The molecule has 1 aromatic rings. The van der Waals surface area contributed by atoms with Crippen molar-refractivity contribution in [2.24, 2.45) is 0 Å². The van der Waals surface area contributed by atoms with Gasteiger partial charge in [-0.3, -0.25) is 4.90 Å². The first-order valence-electron chi connectivity index (χ1n) is 7.42. The summed E-state index contributed by atoms with van der Waals surface area (Å²) in [7, 11) is 0. The van der Waals surface area contributed by atoms with Crippen LogP contribution in [0.3, 0.4) is 0 Å². The summed E-state index contributed by atoms with van der Waals surface area (Å²) in [6, 6.07) is 10.1. The van der Waals surface area contributed by atoms with E-state index in [2.05, 4.69) is 41.4 Å². The van der Waals surface area contributed by atoms with Crippen LogP contribution in [-0.4, -0.2) is 43.3 Å². The minimum absolute atomic E-state index is 0.523. The molecule has 0 spiro atoms. The second kappa shape index (κ2) is 6.04. The fourth-order valence-corrected chi connectivity index (χ4v) is 2.72. The quantitative estimate of drug-likeness (QED) is 0.876. The van der Waals surface area contributed by atoms with Gasteiger partial charge in [-0.05, 0) is 25.3 Å². The molecule has 0 aromatic heterocycles. The van der Waals surface area contributed by atoms with Gasteiger partial charge in [0.15, 0.2) is 0 Å². The van der Waals surface area contributed by atoms with Crippen molar-refractivity contribution in [2.75, 3.05) is 26.3 Å². The van der Waals surface area contributed by atoms with E-state index in [0.29, 0.717) is 6.04 Å². The Hall–Kier alpha value is -0.900. The van der Waals surface area contributed by atoms with Gasteiger partial charge in [0.25, 0.3) is 0 Å². The molecule has 3 heteroatoms. The van der Waals surface area contributed by atoms with Gasteiger partial charge in [0, 0.05) is 31.7 Å². The molecule has 1 aliphatic heterocycles. The Kier molecular flexibility index (Phi) is 4.16. The molecule has 3 rings (SSSR count). The number of aryl methyl sites for hydroxylation is 1. The van der Waals surface area contributed by atoms with E-state index >= 15 is 0 Å². The third kappa shape index (κ3) is 3.78. The fraction of sp³-hybridized carbons (Fsp3) is 0.625. The van der Waals surface area contributed by atoms with Gasteiger partial charge in [-0.1, -0.05) is 29.8 Å². The summed E-state index contributed by atoms with van der Waals surface area (Å²) in [5.74, 6) is 0. The molecule has 2 aliphatic rings. The Morgan fingerprint density at radius 1 is 1.37 bits per heavy atom. The molecule has 1 saturated heterocycles. The Morgan fingerprint density at radius 2 is 2.26 bits per heavy atom. The molecule has 0 bridgehead atoms. The Morgan fingerprint density at radius 3 is 3.05 bits per heavy atom. The minimum Gasteiger partial charge on any atom is -0.378 e. The molecule has 1 atom stereocenters. The predicted octanol–water partition coefficient (Wildman–Crippen LogP) is 1.95. The average molecular weight is 260 g/mol. The molecule has 0 amide bonds. The first-order valence-corrected chi connectivity index (χ1v) is 7.42. The van der Waals surface area contributed by atoms with Crippen LogP contribution in [0.2, 0.25) is 0 Å². The fourth-order valence-electron chi connectivity index (χ4n) is 2.72. The number of hydrogen-bond acceptors (Lipinski definition) is 3. The lowest BCUT2D eigenvalue weighted by Crippen LogP contribution is -2.50. The standard InChI is InChI=1S/C16H24N2O/c1-13-3-2-4-14(9-13)11-18-7-8-19-12-16(18)10-17-15-5-6-15/h2-4,9,15-17H,5-8,10-12H2,1H3. The number of nitrogens with zero attached hydrogens (tertiary/aromatic N) is 1. The number of hydrogen-bond donors (Lipinski definition) is 1. The van der Waals surface area contributed by atoms with E-state index in [1.54, 1.807) is 0 Å². The van der Waals surface area contributed by atoms with Crippen molar-refractivity contribution in [3.05, 3.63) is 35.4 Å². The molecular weight excluding hydrogens is 236 g/mol. The summed E-state index contributed by atoms with van der Waals surface area (Å²) in [6.07, 6.45) is 2.71. The molecule has 1 heterocycles. The highest BCUT2D eigenvalue weighted by Crippen LogP contribution is 2.19. The number of nitrogens with one attached hydrogen (secondary N) is 1. The number of rotatable bonds is 5. The van der Waals surface area contributed by atoms with Gasteiger partial charge in [-0.2, -0.15) is 0 Å². The van der Waals surface area contributed by atoms with Crippen molar-refractivity contribution in [1.82, 2.24) is 10.2 Å². The maximum absolute atomic E-state index is 5.64. The van der Waals surface area contributed by atoms with E-state index in [1.807, 2.05) is 0 Å². The van der Waals surface area contributed by atoms with Gasteiger partial charge < -0.3 is 10.1 Å². The number of benzene rings is 1. The molecule has 1 aliphatic carbocycles. The van der Waals surface area contributed by atoms with Crippen LogP contribution in [0.4, 0.5) is 0 Å². The summed E-state index contributed by atoms with van der Waals surface area (Å²) < 4.78 is 5.64. The summed E-state index contributed by atoms with van der Waals surface area (Å²) >= 11 is 0. The van der Waals surface area contributed by atoms with Crippen molar-refractivity contribution >= 4 is 0 Å². The van der Waals surface area contributed by atoms with Gasteiger partial charge in [-0.15, -0.1) is 0 Å². The molecule has 3 nitrogen and oxygen atoms in total. The summed E-state index contributed by atoms with van der Waals surface area (Å²) in [5.41, 5.74) is 2.76. The molecule has 1 unspecified atom stereocenters. The molecule has 0 radical (unpaired) electrons. The molecule has 19 heavy (non-hydrogen) atoms. The van der Waals surface area contributed by atoms with Gasteiger partial charge in [0.2, 0.25) is 0 Å². The summed E-state index contributed by atoms with van der Waals surface area (Å²) in [4.78, 5) is 2.56. The average Bonchev–Trinajstić information content (AvgIpc) is 3.22. The maximum atomic E-state index is 5.64. The van der Waals surface area contributed by atoms with Crippen LogP contribution in [-0.2, 0) is 11.3 Å². The van der Waals surface area contributed by atoms with Crippen LogP contribution in [0.15, 0.2) is 24.3 Å². The highest BCUT2D eigenvalue weighted by Gasteiger charge is 2.26. The first-order chi connectivity index (χ1) is 9.31. The molecule has 1 aromatic carbocycles. The van der Waals surface area contributed by atoms with E-state index in [0.717, 1.165) is 38.9 Å². The van der Waals surface area contributed by atoms with Crippen molar-refractivity contribution < 1.29 is 4.74 Å². The smallest absolute Gasteiger partial charge is 0.0635 e. The van der Waals surface area contributed by atoms with Crippen molar-refractivity contribution in [1.29, 1.82) is 0 Å². The summed E-state index contributed by atoms with van der Waals surface area (Å²) in [5, 5.41) is 3.63. The second-order valence-corrected chi connectivity index (χ2v) is 5.87. The number of morpholine rings is 1. The van der Waals surface area contributed by atoms with Gasteiger partial charge >= 0.3 is 0 Å². The van der Waals surface area contributed by atoms with Crippen LogP contribution < -0.4 is 5.32 Å². The number of ether oxygens (including phenoxy) is 1. The highest BCUT2D eigenvalue weighted by molar-refractivity contribution is 5.22. The van der Waals surface area contributed by atoms with E-state index < -0.39 is 0 Å². The summed E-state index contributed by atoms with van der Waals surface area (Å²) in [6.45, 7) is 7.05. The van der Waals surface area contributed by atoms with Crippen LogP contribution >= 0.6 is 0 Å². The topological polar surface area (TPSA) is 24.5 Å². The van der Waals surface area contributed by atoms with Crippen LogP contribution in [0, 0.1) is 6.92 Å². The monoisotopic (exact) mass is 260 g/mol. The van der Waals surface area contributed by atoms with E-state index in [1.165, 1.54) is 24.0 Å². The zero-order valence-corrected chi connectivity index (χ0v) is 11.8. The van der Waals surface area contributed by atoms with Crippen molar-refractivity contribution in [2.45, 2.75) is 38.4 Å².